The van der Waals surface area contributed by atoms with Gasteiger partial charge in [0.15, 0.2) is 6.10 Å². The molecule has 22 heavy (non-hydrogen) atoms. The Kier molecular flexibility index (Phi) is 5.84. The van der Waals surface area contributed by atoms with Crippen LogP contribution in [0.25, 0.3) is 0 Å². The second kappa shape index (κ2) is 7.85. The van der Waals surface area contributed by atoms with Crippen molar-refractivity contribution >= 4 is 17.5 Å². The summed E-state index contributed by atoms with van der Waals surface area (Å²) in [6.07, 6.45) is 0.259. The van der Waals surface area contributed by atoms with Crippen LogP contribution >= 0.6 is 11.6 Å². The van der Waals surface area contributed by atoms with E-state index in [4.69, 9.17) is 16.3 Å². The third-order valence-electron chi connectivity index (χ3n) is 3.37. The summed E-state index contributed by atoms with van der Waals surface area (Å²) in [7, 11) is 0. The molecule has 0 unspecified atom stereocenters. The van der Waals surface area contributed by atoms with Gasteiger partial charge >= 0.3 is 0 Å². The van der Waals surface area contributed by atoms with Crippen molar-refractivity contribution in [2.75, 3.05) is 6.54 Å². The lowest BCUT2D eigenvalue weighted by Gasteiger charge is -2.16. The van der Waals surface area contributed by atoms with Crippen LogP contribution in [0, 0.1) is 6.92 Å². The molecule has 0 spiro atoms. The summed E-state index contributed by atoms with van der Waals surface area (Å²) in [4.78, 5) is 12.1. The van der Waals surface area contributed by atoms with Gasteiger partial charge < -0.3 is 10.1 Å². The van der Waals surface area contributed by atoms with E-state index in [2.05, 4.69) is 5.32 Å². The van der Waals surface area contributed by atoms with Crippen molar-refractivity contribution < 1.29 is 9.53 Å². The minimum atomic E-state index is -0.546. The summed E-state index contributed by atoms with van der Waals surface area (Å²) < 4.78 is 5.69. The summed E-state index contributed by atoms with van der Waals surface area (Å²) >= 11 is 5.91. The average Bonchev–Trinajstić information content (AvgIpc) is 2.51. The maximum Gasteiger partial charge on any atom is 0.260 e. The zero-order chi connectivity index (χ0) is 15.9. The first-order valence-corrected chi connectivity index (χ1v) is 7.68. The molecule has 0 saturated carbocycles. The van der Waals surface area contributed by atoms with Crippen molar-refractivity contribution in [2.45, 2.75) is 26.4 Å². The van der Waals surface area contributed by atoms with Gasteiger partial charge in [0.1, 0.15) is 5.75 Å². The first kappa shape index (κ1) is 16.4. The van der Waals surface area contributed by atoms with Crippen LogP contribution in [-0.2, 0) is 11.2 Å². The van der Waals surface area contributed by atoms with E-state index in [-0.39, 0.29) is 5.91 Å². The number of ether oxygens (including phenoxy) is 1. The van der Waals surface area contributed by atoms with Crippen molar-refractivity contribution in [3.63, 3.8) is 0 Å². The lowest BCUT2D eigenvalue weighted by molar-refractivity contribution is -0.127. The van der Waals surface area contributed by atoms with Crippen molar-refractivity contribution in [1.29, 1.82) is 0 Å². The molecular formula is C18H20ClNO2. The summed E-state index contributed by atoms with van der Waals surface area (Å²) in [5.41, 5.74) is 2.11. The van der Waals surface area contributed by atoms with Crippen molar-refractivity contribution in [1.82, 2.24) is 5.32 Å². The number of rotatable bonds is 6. The predicted octanol–water partition coefficient (Wildman–Crippen LogP) is 3.77. The number of benzene rings is 2. The SMILES string of the molecule is Cc1cc(Cl)ccc1O[C@@H](C)C(=O)NCCc1ccccc1. The number of amides is 1. The highest BCUT2D eigenvalue weighted by Crippen LogP contribution is 2.22. The van der Waals surface area contributed by atoms with Gasteiger partial charge in [-0.25, -0.2) is 0 Å². The summed E-state index contributed by atoms with van der Waals surface area (Å²) in [6, 6.07) is 15.4. The van der Waals surface area contributed by atoms with E-state index in [9.17, 15) is 4.79 Å². The topological polar surface area (TPSA) is 38.3 Å². The molecule has 0 aliphatic carbocycles. The first-order chi connectivity index (χ1) is 10.6. The molecule has 0 radical (unpaired) electrons. The normalized spacial score (nSPS) is 11.8. The monoisotopic (exact) mass is 317 g/mol. The Bertz CT molecular complexity index is 628. The van der Waals surface area contributed by atoms with Gasteiger partial charge in [-0.2, -0.15) is 0 Å². The Labute approximate surface area is 136 Å². The number of halogens is 1. The fraction of sp³-hybridized carbons (Fsp3) is 0.278. The molecule has 0 aliphatic heterocycles. The minimum Gasteiger partial charge on any atom is -0.481 e. The molecule has 0 fully saturated rings. The minimum absolute atomic E-state index is 0.120. The Morgan fingerprint density at radius 2 is 1.95 bits per heavy atom. The van der Waals surface area contributed by atoms with Crippen LogP contribution in [0.2, 0.25) is 5.02 Å². The number of carbonyl (C=O) groups excluding carboxylic acids is 1. The molecule has 2 rings (SSSR count). The molecule has 1 amide bonds. The standard InChI is InChI=1S/C18H20ClNO2/c1-13-12-16(19)8-9-17(13)22-14(2)18(21)20-11-10-15-6-4-3-5-7-15/h3-9,12,14H,10-11H2,1-2H3,(H,20,21)/t14-/m0/s1. The average molecular weight is 318 g/mol. The largest absolute Gasteiger partial charge is 0.481 e. The number of hydrogen-bond donors (Lipinski definition) is 1. The highest BCUT2D eigenvalue weighted by molar-refractivity contribution is 6.30. The van der Waals surface area contributed by atoms with Gasteiger partial charge in [0.2, 0.25) is 0 Å². The van der Waals surface area contributed by atoms with Crippen molar-refractivity contribution in [3.8, 4) is 5.75 Å². The third kappa shape index (κ3) is 4.78. The van der Waals surface area contributed by atoms with Gasteiger partial charge in [-0.05, 0) is 49.6 Å². The van der Waals surface area contributed by atoms with Gasteiger partial charge in [0.25, 0.3) is 5.91 Å². The molecular weight excluding hydrogens is 298 g/mol. The number of nitrogens with one attached hydrogen (secondary N) is 1. The van der Waals surface area contributed by atoms with Gasteiger partial charge in [-0.15, -0.1) is 0 Å². The zero-order valence-corrected chi connectivity index (χ0v) is 13.6. The fourth-order valence-corrected chi connectivity index (χ4v) is 2.33. The van der Waals surface area contributed by atoms with Gasteiger partial charge in [0, 0.05) is 11.6 Å². The smallest absolute Gasteiger partial charge is 0.260 e. The van der Waals surface area contributed by atoms with E-state index >= 15 is 0 Å². The molecule has 1 atom stereocenters. The molecule has 0 bridgehead atoms. The number of hydrogen-bond acceptors (Lipinski definition) is 2. The van der Waals surface area contributed by atoms with E-state index in [1.54, 1.807) is 19.1 Å². The van der Waals surface area contributed by atoms with Gasteiger partial charge in [0.05, 0.1) is 0 Å². The summed E-state index contributed by atoms with van der Waals surface area (Å²) in [6.45, 7) is 4.24. The maximum absolute atomic E-state index is 12.1. The van der Waals surface area contributed by atoms with Gasteiger partial charge in [-0.3, -0.25) is 4.79 Å². The Morgan fingerprint density at radius 1 is 1.23 bits per heavy atom. The number of carbonyl (C=O) groups is 1. The molecule has 116 valence electrons. The van der Waals surface area contributed by atoms with E-state index in [0.29, 0.717) is 17.3 Å². The molecule has 0 heterocycles. The van der Waals surface area contributed by atoms with E-state index in [0.717, 1.165) is 12.0 Å². The third-order valence-corrected chi connectivity index (χ3v) is 3.60. The molecule has 1 N–H and O–H groups in total. The lowest BCUT2D eigenvalue weighted by Crippen LogP contribution is -2.37. The van der Waals surface area contributed by atoms with Gasteiger partial charge in [-0.1, -0.05) is 41.9 Å². The maximum atomic E-state index is 12.1. The molecule has 2 aromatic rings. The number of aryl methyl sites for hydroxylation is 1. The molecule has 0 aliphatic rings. The van der Waals surface area contributed by atoms with E-state index < -0.39 is 6.10 Å². The van der Waals surface area contributed by atoms with Crippen LogP contribution in [0.1, 0.15) is 18.1 Å². The van der Waals surface area contributed by atoms with Crippen LogP contribution in [-0.4, -0.2) is 18.6 Å². The van der Waals surface area contributed by atoms with Crippen LogP contribution in [0.3, 0.4) is 0 Å². The van der Waals surface area contributed by atoms with Crippen LogP contribution in [0.4, 0.5) is 0 Å². The Morgan fingerprint density at radius 3 is 2.64 bits per heavy atom. The quantitative estimate of drug-likeness (QED) is 0.880. The highest BCUT2D eigenvalue weighted by Gasteiger charge is 2.15. The Balaban J connectivity index is 1.82. The molecule has 4 heteroatoms. The second-order valence-corrected chi connectivity index (χ2v) is 5.63. The van der Waals surface area contributed by atoms with Crippen LogP contribution in [0.5, 0.6) is 5.75 Å². The predicted molar refractivity (Wildman–Crippen MR) is 89.4 cm³/mol. The molecule has 3 nitrogen and oxygen atoms in total. The Hall–Kier alpha value is -2.00. The fourth-order valence-electron chi connectivity index (χ4n) is 2.11. The van der Waals surface area contributed by atoms with E-state index in [1.807, 2.05) is 43.3 Å². The summed E-state index contributed by atoms with van der Waals surface area (Å²) in [5.74, 6) is 0.556. The van der Waals surface area contributed by atoms with Crippen molar-refractivity contribution in [2.24, 2.45) is 0 Å². The molecule has 2 aromatic carbocycles. The highest BCUT2D eigenvalue weighted by atomic mass is 35.5. The summed E-state index contributed by atoms with van der Waals surface area (Å²) in [5, 5.41) is 3.55. The second-order valence-electron chi connectivity index (χ2n) is 5.20. The zero-order valence-electron chi connectivity index (χ0n) is 12.8. The van der Waals surface area contributed by atoms with Crippen LogP contribution < -0.4 is 10.1 Å². The van der Waals surface area contributed by atoms with Crippen LogP contribution in [0.15, 0.2) is 48.5 Å². The lowest BCUT2D eigenvalue weighted by atomic mass is 10.1. The molecule has 0 saturated heterocycles. The first-order valence-electron chi connectivity index (χ1n) is 7.30. The molecule has 0 aromatic heterocycles. The van der Waals surface area contributed by atoms with E-state index in [1.165, 1.54) is 5.56 Å². The van der Waals surface area contributed by atoms with Crippen molar-refractivity contribution in [3.05, 3.63) is 64.7 Å².